The van der Waals surface area contributed by atoms with Gasteiger partial charge in [0, 0.05) is 17.4 Å². The van der Waals surface area contributed by atoms with Gasteiger partial charge >= 0.3 is 0 Å². The SMILES string of the molecule is C#Cc1ccc(CC2CCC(C(C(=C)CCc3ccccc3)c3ccc(C4=CC(C)C=C4)cc3)CC2)cc1C1CC[C@@](C#C)(C2CC2)C1=C. The lowest BCUT2D eigenvalue weighted by molar-refractivity contribution is 0.252. The lowest BCUT2D eigenvalue weighted by atomic mass is 9.69. The summed E-state index contributed by atoms with van der Waals surface area (Å²) in [5.74, 6) is 9.31. The van der Waals surface area contributed by atoms with Gasteiger partial charge in [-0.3, -0.25) is 0 Å². The molecule has 0 spiro atoms. The molecule has 4 atom stereocenters. The van der Waals surface area contributed by atoms with Crippen molar-refractivity contribution in [3.8, 4) is 24.7 Å². The van der Waals surface area contributed by atoms with Crippen LogP contribution < -0.4 is 0 Å². The summed E-state index contributed by atoms with van der Waals surface area (Å²) in [6, 6.07) is 27.2. The van der Waals surface area contributed by atoms with Crippen LogP contribution in [0.4, 0.5) is 0 Å². The van der Waals surface area contributed by atoms with Crippen molar-refractivity contribution in [1.82, 2.24) is 0 Å². The van der Waals surface area contributed by atoms with E-state index in [1.807, 2.05) is 0 Å². The molecule has 3 unspecified atom stereocenters. The molecule has 3 aromatic carbocycles. The average Bonchev–Trinajstić information content (AvgIpc) is 3.81. The maximum Gasteiger partial charge on any atom is 0.0552 e. The van der Waals surface area contributed by atoms with Crippen LogP contribution in [0.3, 0.4) is 0 Å². The second-order valence-electron chi connectivity index (χ2n) is 15.6. The van der Waals surface area contributed by atoms with Crippen molar-refractivity contribution >= 4 is 5.57 Å². The van der Waals surface area contributed by atoms with Crippen LogP contribution in [-0.2, 0) is 12.8 Å². The van der Waals surface area contributed by atoms with E-state index in [4.69, 9.17) is 19.4 Å². The summed E-state index contributed by atoms with van der Waals surface area (Å²) in [5, 5.41) is 0. The first-order valence-corrected chi connectivity index (χ1v) is 18.9. The number of rotatable bonds is 11. The van der Waals surface area contributed by atoms with Crippen LogP contribution in [0.5, 0.6) is 0 Å². The van der Waals surface area contributed by atoms with Crippen molar-refractivity contribution < 1.29 is 0 Å². The monoisotopic (exact) mass is 640 g/mol. The Morgan fingerprint density at radius 3 is 2.31 bits per heavy atom. The lowest BCUT2D eigenvalue weighted by Crippen LogP contribution is -2.23. The van der Waals surface area contributed by atoms with Gasteiger partial charge in [0.25, 0.3) is 0 Å². The van der Waals surface area contributed by atoms with Crippen LogP contribution in [0.15, 0.2) is 115 Å². The first-order chi connectivity index (χ1) is 23.9. The highest BCUT2D eigenvalue weighted by atomic mass is 14.5. The predicted molar refractivity (Wildman–Crippen MR) is 208 cm³/mol. The summed E-state index contributed by atoms with van der Waals surface area (Å²) in [7, 11) is 0. The Kier molecular flexibility index (Phi) is 9.71. The van der Waals surface area contributed by atoms with E-state index >= 15 is 0 Å². The molecule has 49 heavy (non-hydrogen) atoms. The molecule has 0 bridgehead atoms. The third-order valence-corrected chi connectivity index (χ3v) is 12.5. The molecule has 0 N–H and O–H groups in total. The van der Waals surface area contributed by atoms with Crippen LogP contribution in [0.2, 0.25) is 0 Å². The van der Waals surface area contributed by atoms with Crippen LogP contribution >= 0.6 is 0 Å². The van der Waals surface area contributed by atoms with Gasteiger partial charge in [-0.05, 0) is 134 Å². The molecule has 0 radical (unpaired) electrons. The number of aryl methyl sites for hydroxylation is 1. The molecular weight excluding hydrogens is 589 g/mol. The number of benzene rings is 3. The van der Waals surface area contributed by atoms with E-state index in [1.165, 1.54) is 83.1 Å². The summed E-state index contributed by atoms with van der Waals surface area (Å²) in [4.78, 5) is 0. The largest absolute Gasteiger partial charge is 0.119 e. The van der Waals surface area contributed by atoms with Crippen molar-refractivity contribution in [3.05, 3.63) is 149 Å². The van der Waals surface area contributed by atoms with E-state index in [9.17, 15) is 0 Å². The topological polar surface area (TPSA) is 0 Å². The average molecular weight is 641 g/mol. The van der Waals surface area contributed by atoms with E-state index in [2.05, 4.69) is 116 Å². The fourth-order valence-electron chi connectivity index (χ4n) is 9.58. The van der Waals surface area contributed by atoms with Crippen LogP contribution in [0.1, 0.15) is 110 Å². The number of hydrogen-bond acceptors (Lipinski definition) is 0. The highest BCUT2D eigenvalue weighted by molar-refractivity contribution is 5.76. The molecule has 4 aliphatic carbocycles. The fraction of sp³-hybridized carbons (Fsp3) is 0.388. The van der Waals surface area contributed by atoms with Crippen LogP contribution in [-0.4, -0.2) is 0 Å². The van der Waals surface area contributed by atoms with Crippen molar-refractivity contribution in [2.45, 2.75) is 89.4 Å². The zero-order valence-corrected chi connectivity index (χ0v) is 29.5. The maximum absolute atomic E-state index is 6.17. The van der Waals surface area contributed by atoms with Gasteiger partial charge < -0.3 is 0 Å². The first-order valence-electron chi connectivity index (χ1n) is 18.9. The zero-order valence-electron chi connectivity index (χ0n) is 29.5. The molecule has 3 aromatic rings. The van der Waals surface area contributed by atoms with Crippen molar-refractivity contribution in [2.24, 2.45) is 29.1 Å². The maximum atomic E-state index is 6.17. The Morgan fingerprint density at radius 2 is 1.65 bits per heavy atom. The van der Waals surface area contributed by atoms with Crippen LogP contribution in [0, 0.1) is 53.8 Å². The molecule has 0 amide bonds. The van der Waals surface area contributed by atoms with E-state index < -0.39 is 0 Å². The minimum Gasteiger partial charge on any atom is -0.119 e. The summed E-state index contributed by atoms with van der Waals surface area (Å²) in [5.41, 5.74) is 11.7. The Hall–Kier alpha value is -4.26. The summed E-state index contributed by atoms with van der Waals surface area (Å²) >= 11 is 0. The van der Waals surface area contributed by atoms with Gasteiger partial charge in [-0.25, -0.2) is 0 Å². The predicted octanol–water partition coefficient (Wildman–Crippen LogP) is 12.0. The third kappa shape index (κ3) is 6.95. The fourth-order valence-corrected chi connectivity index (χ4v) is 9.58. The molecule has 4 aliphatic rings. The molecule has 248 valence electrons. The highest BCUT2D eigenvalue weighted by Crippen LogP contribution is 2.61. The molecule has 0 aromatic heterocycles. The Balaban J connectivity index is 1.05. The van der Waals surface area contributed by atoms with E-state index in [0.717, 1.165) is 37.7 Å². The number of allylic oxidation sites excluding steroid dienone is 6. The van der Waals surface area contributed by atoms with Gasteiger partial charge in [-0.1, -0.05) is 128 Å². The molecule has 3 saturated carbocycles. The molecule has 3 fully saturated rings. The Labute approximate surface area is 296 Å². The molecule has 0 nitrogen and oxygen atoms in total. The molecule has 0 aliphatic heterocycles. The first kappa shape index (κ1) is 33.2. The van der Waals surface area contributed by atoms with Crippen molar-refractivity contribution in [1.29, 1.82) is 0 Å². The smallest absolute Gasteiger partial charge is 0.0552 e. The second-order valence-corrected chi connectivity index (χ2v) is 15.6. The highest BCUT2D eigenvalue weighted by Gasteiger charge is 2.51. The van der Waals surface area contributed by atoms with Crippen molar-refractivity contribution in [2.75, 3.05) is 0 Å². The minimum absolute atomic E-state index is 0.129. The molecule has 7 rings (SSSR count). The van der Waals surface area contributed by atoms with E-state index in [0.29, 0.717) is 29.6 Å². The zero-order chi connectivity index (χ0) is 34.0. The lowest BCUT2D eigenvalue weighted by Gasteiger charge is -2.36. The number of terminal acetylenes is 2. The van der Waals surface area contributed by atoms with Gasteiger partial charge in [-0.15, -0.1) is 12.8 Å². The molecule has 0 heterocycles. The van der Waals surface area contributed by atoms with Gasteiger partial charge in [0.15, 0.2) is 0 Å². The van der Waals surface area contributed by atoms with Gasteiger partial charge in [0.05, 0.1) is 5.41 Å². The Bertz CT molecular complexity index is 1820. The second kappa shape index (κ2) is 14.3. The number of hydrogen-bond donors (Lipinski definition) is 0. The van der Waals surface area contributed by atoms with Gasteiger partial charge in [0.2, 0.25) is 0 Å². The summed E-state index contributed by atoms with van der Waals surface area (Å²) in [6.45, 7) is 11.6. The third-order valence-electron chi connectivity index (χ3n) is 12.5. The Morgan fingerprint density at radius 1 is 0.898 bits per heavy atom. The van der Waals surface area contributed by atoms with Gasteiger partial charge in [-0.2, -0.15) is 0 Å². The summed E-state index contributed by atoms with van der Waals surface area (Å²) < 4.78 is 0. The van der Waals surface area contributed by atoms with Crippen LogP contribution in [0.25, 0.3) is 5.57 Å². The standard InChI is InChI=1S/C49H52/c1-6-40-20-18-39(33-47(40)46-29-30-49(7-2,36(46)5)45-27-28-45)32-38-16-21-42(22-17-38)48(35(4)14-15-37-11-9-8-10-12-37)43-25-23-41(24-26-43)44-19-13-34(3)31-44/h1-2,8-13,18-20,23-26,31,33-34,38,42,45-46,48H,4-5,14-17,21-22,27-30,32H2,3H3/t34?,38?,42?,46?,48?,49-/m1/s1. The molecular formula is C49H52. The molecule has 0 saturated heterocycles. The minimum atomic E-state index is -0.129. The summed E-state index contributed by atoms with van der Waals surface area (Å²) in [6.07, 6.45) is 31.9. The molecule has 0 heteroatoms. The van der Waals surface area contributed by atoms with E-state index in [1.54, 1.807) is 0 Å². The quantitative estimate of drug-likeness (QED) is 0.144. The van der Waals surface area contributed by atoms with E-state index in [-0.39, 0.29) is 11.3 Å². The van der Waals surface area contributed by atoms with Crippen molar-refractivity contribution in [3.63, 3.8) is 0 Å². The normalized spacial score (nSPS) is 26.9. The van der Waals surface area contributed by atoms with Gasteiger partial charge in [0.1, 0.15) is 0 Å².